The fraction of sp³-hybridized carbons (Fsp3) is 0.333. The van der Waals surface area contributed by atoms with Gasteiger partial charge in [-0.2, -0.15) is 0 Å². The molecular weight excluding hydrogens is 344 g/mol. The van der Waals surface area contributed by atoms with Crippen LogP contribution in [0.1, 0.15) is 55.1 Å². The molecule has 5 heteroatoms. The Balaban J connectivity index is 1.83. The average molecular weight is 371 g/mol. The third-order valence-corrected chi connectivity index (χ3v) is 4.06. The average Bonchev–Trinajstić information content (AvgIpc) is 2.60. The van der Waals surface area contributed by atoms with Gasteiger partial charge < -0.3 is 10.1 Å². The van der Waals surface area contributed by atoms with Crippen molar-refractivity contribution in [1.82, 2.24) is 10.6 Å². The van der Waals surface area contributed by atoms with Gasteiger partial charge in [0.25, 0.3) is 5.91 Å². The van der Waals surface area contributed by atoms with Gasteiger partial charge in [0, 0.05) is 12.1 Å². The number of thiocarbonyl (C=S) groups is 1. The Labute approximate surface area is 161 Å². The summed E-state index contributed by atoms with van der Waals surface area (Å²) in [6.45, 7) is 8.76. The Kier molecular flexibility index (Phi) is 7.16. The number of benzene rings is 2. The van der Waals surface area contributed by atoms with E-state index in [0.29, 0.717) is 23.1 Å². The first-order chi connectivity index (χ1) is 12.3. The highest BCUT2D eigenvalue weighted by molar-refractivity contribution is 7.80. The Hall–Kier alpha value is -2.40. The molecule has 0 spiro atoms. The van der Waals surface area contributed by atoms with Crippen molar-refractivity contribution in [1.29, 1.82) is 0 Å². The highest BCUT2D eigenvalue weighted by Gasteiger charge is 2.08. The van der Waals surface area contributed by atoms with Crippen LogP contribution >= 0.6 is 12.2 Å². The maximum absolute atomic E-state index is 12.2. The summed E-state index contributed by atoms with van der Waals surface area (Å²) in [7, 11) is 0. The lowest BCUT2D eigenvalue weighted by atomic mass is 10.0. The number of hydrogen-bond acceptors (Lipinski definition) is 3. The number of carbonyl (C=O) groups excluding carboxylic acids is 1. The number of carbonyl (C=O) groups is 1. The molecule has 0 aromatic heterocycles. The van der Waals surface area contributed by atoms with Gasteiger partial charge in [0.05, 0.1) is 6.10 Å². The van der Waals surface area contributed by atoms with Crippen LogP contribution in [0.4, 0.5) is 0 Å². The van der Waals surface area contributed by atoms with Crippen LogP contribution in [0.3, 0.4) is 0 Å². The SMILES string of the molecule is CC(C)Oc1ccc(CNC(=S)NC(=O)c2ccc(C(C)C)cc2)cc1. The maximum atomic E-state index is 12.2. The summed E-state index contributed by atoms with van der Waals surface area (Å²) in [5, 5.41) is 6.07. The fourth-order valence-corrected chi connectivity index (χ4v) is 2.54. The molecule has 0 atom stereocenters. The second kappa shape index (κ2) is 9.34. The second-order valence-electron chi connectivity index (χ2n) is 6.72. The van der Waals surface area contributed by atoms with Crippen LogP contribution in [0.25, 0.3) is 0 Å². The minimum Gasteiger partial charge on any atom is -0.491 e. The molecule has 0 unspecified atom stereocenters. The molecule has 2 N–H and O–H groups in total. The number of nitrogens with one attached hydrogen (secondary N) is 2. The van der Waals surface area contributed by atoms with Gasteiger partial charge in [0.1, 0.15) is 5.75 Å². The summed E-state index contributed by atoms with van der Waals surface area (Å²) in [6.07, 6.45) is 0.149. The number of ether oxygens (including phenoxy) is 1. The highest BCUT2D eigenvalue weighted by atomic mass is 32.1. The van der Waals surface area contributed by atoms with Crippen LogP contribution in [-0.4, -0.2) is 17.1 Å². The van der Waals surface area contributed by atoms with Gasteiger partial charge in [-0.3, -0.25) is 10.1 Å². The zero-order valence-corrected chi connectivity index (χ0v) is 16.5. The van der Waals surface area contributed by atoms with E-state index in [9.17, 15) is 4.79 Å². The van der Waals surface area contributed by atoms with Gasteiger partial charge in [-0.15, -0.1) is 0 Å². The number of rotatable bonds is 6. The first kappa shape index (κ1) is 19.9. The monoisotopic (exact) mass is 370 g/mol. The lowest BCUT2D eigenvalue weighted by molar-refractivity contribution is 0.0976. The van der Waals surface area contributed by atoms with Crippen LogP contribution in [-0.2, 0) is 6.54 Å². The fourth-order valence-electron chi connectivity index (χ4n) is 2.38. The highest BCUT2D eigenvalue weighted by Crippen LogP contribution is 2.15. The normalized spacial score (nSPS) is 10.7. The van der Waals surface area contributed by atoms with Gasteiger partial charge >= 0.3 is 0 Å². The van der Waals surface area contributed by atoms with E-state index < -0.39 is 0 Å². The molecule has 0 aliphatic rings. The van der Waals surface area contributed by atoms with Crippen molar-refractivity contribution < 1.29 is 9.53 Å². The minimum atomic E-state index is -0.210. The van der Waals surface area contributed by atoms with Crippen molar-refractivity contribution in [2.75, 3.05) is 0 Å². The Morgan fingerprint density at radius 2 is 1.62 bits per heavy atom. The molecule has 0 heterocycles. The third-order valence-electron chi connectivity index (χ3n) is 3.81. The molecule has 0 aliphatic carbocycles. The number of hydrogen-bond donors (Lipinski definition) is 2. The third kappa shape index (κ3) is 6.15. The predicted molar refractivity (Wildman–Crippen MR) is 110 cm³/mol. The van der Waals surface area contributed by atoms with Crippen LogP contribution in [0.2, 0.25) is 0 Å². The second-order valence-corrected chi connectivity index (χ2v) is 7.13. The van der Waals surface area contributed by atoms with Crippen LogP contribution in [0.5, 0.6) is 5.75 Å². The summed E-state index contributed by atoms with van der Waals surface area (Å²) in [6, 6.07) is 15.4. The summed E-state index contributed by atoms with van der Waals surface area (Å²) >= 11 is 5.21. The van der Waals surface area contributed by atoms with E-state index in [4.69, 9.17) is 17.0 Å². The van der Waals surface area contributed by atoms with E-state index in [1.165, 1.54) is 5.56 Å². The van der Waals surface area contributed by atoms with Gasteiger partial charge in [0.2, 0.25) is 0 Å². The van der Waals surface area contributed by atoms with E-state index in [-0.39, 0.29) is 12.0 Å². The minimum absolute atomic E-state index is 0.149. The first-order valence-corrected chi connectivity index (χ1v) is 9.20. The van der Waals surface area contributed by atoms with Crippen LogP contribution in [0, 0.1) is 0 Å². The topological polar surface area (TPSA) is 50.4 Å². The molecule has 2 aromatic carbocycles. The smallest absolute Gasteiger partial charge is 0.257 e. The largest absolute Gasteiger partial charge is 0.491 e. The van der Waals surface area contributed by atoms with Crippen molar-refractivity contribution >= 4 is 23.2 Å². The lowest BCUT2D eigenvalue weighted by Gasteiger charge is -2.12. The molecule has 0 saturated carbocycles. The summed E-state index contributed by atoms with van der Waals surface area (Å²) in [5.74, 6) is 1.06. The summed E-state index contributed by atoms with van der Waals surface area (Å²) in [5.41, 5.74) is 2.85. The van der Waals surface area contributed by atoms with E-state index in [1.807, 2.05) is 62.4 Å². The quantitative estimate of drug-likeness (QED) is 0.740. The number of amides is 1. The van der Waals surface area contributed by atoms with E-state index >= 15 is 0 Å². The Morgan fingerprint density at radius 3 is 2.15 bits per heavy atom. The molecule has 0 aliphatic heterocycles. The molecule has 1 amide bonds. The Bertz CT molecular complexity index is 738. The Morgan fingerprint density at radius 1 is 1.00 bits per heavy atom. The first-order valence-electron chi connectivity index (χ1n) is 8.80. The molecule has 2 aromatic rings. The predicted octanol–water partition coefficient (Wildman–Crippen LogP) is 4.40. The van der Waals surface area contributed by atoms with E-state index in [2.05, 4.69) is 24.5 Å². The maximum Gasteiger partial charge on any atom is 0.257 e. The van der Waals surface area contributed by atoms with Crippen LogP contribution in [0.15, 0.2) is 48.5 Å². The van der Waals surface area contributed by atoms with Gasteiger partial charge in [0.15, 0.2) is 5.11 Å². The van der Waals surface area contributed by atoms with Crippen molar-refractivity contribution in [3.63, 3.8) is 0 Å². The molecule has 0 bridgehead atoms. The summed E-state index contributed by atoms with van der Waals surface area (Å²) in [4.78, 5) is 12.2. The van der Waals surface area contributed by atoms with Gasteiger partial charge in [-0.1, -0.05) is 38.1 Å². The molecule has 0 saturated heterocycles. The van der Waals surface area contributed by atoms with Crippen molar-refractivity contribution in [2.24, 2.45) is 0 Å². The molecule has 138 valence electrons. The standard InChI is InChI=1S/C21H26N2O2S/c1-14(2)17-7-9-18(10-8-17)20(24)23-21(26)22-13-16-5-11-19(12-6-16)25-15(3)4/h5-12,14-15H,13H2,1-4H3,(H2,22,23,24,26). The lowest BCUT2D eigenvalue weighted by Crippen LogP contribution is -2.38. The molecule has 0 radical (unpaired) electrons. The molecular formula is C21H26N2O2S. The molecule has 0 fully saturated rings. The van der Waals surface area contributed by atoms with Gasteiger partial charge in [-0.25, -0.2) is 0 Å². The zero-order valence-electron chi connectivity index (χ0n) is 15.7. The van der Waals surface area contributed by atoms with Gasteiger partial charge in [-0.05, 0) is 67.4 Å². The summed E-state index contributed by atoms with van der Waals surface area (Å²) < 4.78 is 5.62. The van der Waals surface area contributed by atoms with Crippen molar-refractivity contribution in [2.45, 2.75) is 46.3 Å². The van der Waals surface area contributed by atoms with Crippen molar-refractivity contribution in [3.8, 4) is 5.75 Å². The van der Waals surface area contributed by atoms with E-state index in [1.54, 1.807) is 0 Å². The molecule has 4 nitrogen and oxygen atoms in total. The molecule has 2 rings (SSSR count). The van der Waals surface area contributed by atoms with Crippen LogP contribution < -0.4 is 15.4 Å². The zero-order chi connectivity index (χ0) is 19.1. The van der Waals surface area contributed by atoms with E-state index in [0.717, 1.165) is 11.3 Å². The molecule has 26 heavy (non-hydrogen) atoms. The van der Waals surface area contributed by atoms with Crippen molar-refractivity contribution in [3.05, 3.63) is 65.2 Å².